The summed E-state index contributed by atoms with van der Waals surface area (Å²) < 4.78 is 10.2. The maximum atomic E-state index is 12.8. The minimum Gasteiger partial charge on any atom is -0.481 e. The molecule has 1 aliphatic carbocycles. The number of amides is 1. The Balaban J connectivity index is 1.62. The van der Waals surface area contributed by atoms with Crippen molar-refractivity contribution in [3.63, 3.8) is 0 Å². The zero-order valence-corrected chi connectivity index (χ0v) is 15.6. The van der Waals surface area contributed by atoms with E-state index in [-0.39, 0.29) is 24.1 Å². The van der Waals surface area contributed by atoms with Gasteiger partial charge < -0.3 is 14.4 Å². The molecule has 0 aliphatic heterocycles. The smallest absolute Gasteiger partial charge is 0.340 e. The number of pyridine rings is 1. The number of nitrogens with zero attached hydrogens (tertiary/aromatic N) is 2. The van der Waals surface area contributed by atoms with Gasteiger partial charge in [-0.15, -0.1) is 0 Å². The lowest BCUT2D eigenvalue weighted by Gasteiger charge is -2.29. The van der Waals surface area contributed by atoms with Gasteiger partial charge in [0.15, 0.2) is 6.61 Å². The van der Waals surface area contributed by atoms with Gasteiger partial charge in [0, 0.05) is 24.8 Å². The van der Waals surface area contributed by atoms with Crippen LogP contribution in [0, 0.1) is 5.92 Å². The van der Waals surface area contributed by atoms with Gasteiger partial charge in [0.25, 0.3) is 5.91 Å². The third-order valence-electron chi connectivity index (χ3n) is 4.82. The van der Waals surface area contributed by atoms with E-state index in [2.05, 4.69) is 11.9 Å². The molecule has 0 spiro atoms. The summed E-state index contributed by atoms with van der Waals surface area (Å²) in [6.45, 7) is 2.29. The van der Waals surface area contributed by atoms with Gasteiger partial charge >= 0.3 is 5.97 Å². The van der Waals surface area contributed by atoms with Gasteiger partial charge in [-0.2, -0.15) is 0 Å². The summed E-state index contributed by atoms with van der Waals surface area (Å²) in [4.78, 5) is 30.7. The average molecular weight is 368 g/mol. The van der Waals surface area contributed by atoms with Gasteiger partial charge in [-0.25, -0.2) is 9.78 Å². The number of ether oxygens (including phenoxy) is 2. The maximum Gasteiger partial charge on any atom is 0.340 e. The average Bonchev–Trinajstić information content (AvgIpc) is 3.55. The molecule has 1 aromatic heterocycles. The van der Waals surface area contributed by atoms with Crippen LogP contribution in [-0.2, 0) is 16.1 Å². The molecule has 2 aromatic rings. The molecular weight excluding hydrogens is 344 g/mol. The van der Waals surface area contributed by atoms with Crippen LogP contribution in [0.15, 0.2) is 48.7 Å². The quantitative estimate of drug-likeness (QED) is 0.670. The first-order valence-electron chi connectivity index (χ1n) is 9.09. The predicted octanol–water partition coefficient (Wildman–Crippen LogP) is 3.07. The Kier molecular flexibility index (Phi) is 6.06. The molecule has 1 amide bonds. The number of hydrogen-bond acceptors (Lipinski definition) is 5. The maximum absolute atomic E-state index is 12.8. The van der Waals surface area contributed by atoms with Crippen LogP contribution in [0.1, 0.15) is 35.7 Å². The van der Waals surface area contributed by atoms with E-state index in [9.17, 15) is 9.59 Å². The van der Waals surface area contributed by atoms with Crippen LogP contribution in [0.2, 0.25) is 0 Å². The van der Waals surface area contributed by atoms with Crippen LogP contribution in [0.5, 0.6) is 5.88 Å². The molecule has 1 heterocycles. The van der Waals surface area contributed by atoms with E-state index in [1.54, 1.807) is 12.1 Å². The van der Waals surface area contributed by atoms with Crippen LogP contribution in [0.25, 0.3) is 0 Å². The van der Waals surface area contributed by atoms with Gasteiger partial charge in [-0.1, -0.05) is 30.3 Å². The molecule has 1 saturated carbocycles. The Morgan fingerprint density at radius 2 is 1.93 bits per heavy atom. The number of carbonyl (C=O) groups excluding carboxylic acids is 2. The molecule has 0 bridgehead atoms. The normalized spacial score (nSPS) is 14.3. The van der Waals surface area contributed by atoms with Crippen molar-refractivity contribution in [1.82, 2.24) is 9.88 Å². The van der Waals surface area contributed by atoms with Crippen molar-refractivity contribution < 1.29 is 19.1 Å². The van der Waals surface area contributed by atoms with Gasteiger partial charge in [-0.05, 0) is 37.3 Å². The van der Waals surface area contributed by atoms with Crippen molar-refractivity contribution in [1.29, 1.82) is 0 Å². The highest BCUT2D eigenvalue weighted by atomic mass is 16.5. The molecule has 1 fully saturated rings. The van der Waals surface area contributed by atoms with Crippen molar-refractivity contribution >= 4 is 11.9 Å². The van der Waals surface area contributed by atoms with Gasteiger partial charge in [0.1, 0.15) is 0 Å². The minimum atomic E-state index is -0.572. The summed E-state index contributed by atoms with van der Waals surface area (Å²) >= 11 is 0. The molecule has 0 radical (unpaired) electrons. The van der Waals surface area contributed by atoms with Gasteiger partial charge in [0.2, 0.25) is 5.88 Å². The number of methoxy groups -OCH3 is 1. The lowest BCUT2D eigenvalue weighted by atomic mass is 10.1. The Morgan fingerprint density at radius 1 is 1.19 bits per heavy atom. The van der Waals surface area contributed by atoms with E-state index in [4.69, 9.17) is 9.47 Å². The third-order valence-corrected chi connectivity index (χ3v) is 4.82. The fourth-order valence-corrected chi connectivity index (χ4v) is 2.99. The summed E-state index contributed by atoms with van der Waals surface area (Å²) in [5.41, 5.74) is 1.34. The second kappa shape index (κ2) is 8.66. The second-order valence-corrected chi connectivity index (χ2v) is 6.75. The summed E-state index contributed by atoms with van der Waals surface area (Å²) in [7, 11) is 1.50. The molecule has 6 heteroatoms. The molecule has 27 heavy (non-hydrogen) atoms. The van der Waals surface area contributed by atoms with Crippen LogP contribution in [0.3, 0.4) is 0 Å². The topological polar surface area (TPSA) is 68.7 Å². The van der Waals surface area contributed by atoms with Crippen molar-refractivity contribution in [2.75, 3.05) is 13.7 Å². The molecule has 1 aromatic carbocycles. The molecule has 1 atom stereocenters. The number of carbonyl (C=O) groups is 2. The Morgan fingerprint density at radius 3 is 2.52 bits per heavy atom. The highest BCUT2D eigenvalue weighted by molar-refractivity contribution is 5.91. The highest BCUT2D eigenvalue weighted by Gasteiger charge is 2.34. The SMILES string of the molecule is COc1ccc(C(=O)OCC(=O)N(Cc2ccccc2)C(C)C2CC2)cn1. The lowest BCUT2D eigenvalue weighted by molar-refractivity contribution is -0.137. The monoisotopic (exact) mass is 368 g/mol. The molecule has 0 saturated heterocycles. The van der Waals surface area contributed by atoms with E-state index in [1.165, 1.54) is 13.3 Å². The second-order valence-electron chi connectivity index (χ2n) is 6.75. The first-order chi connectivity index (χ1) is 13.1. The molecule has 3 rings (SSSR count). The standard InChI is InChI=1S/C21H24N2O4/c1-15(17-8-9-17)23(13-16-6-4-3-5-7-16)20(24)14-27-21(25)18-10-11-19(26-2)22-12-18/h3-7,10-12,15,17H,8-9,13-14H2,1-2H3. The minimum absolute atomic E-state index is 0.124. The van der Waals surface area contributed by atoms with E-state index >= 15 is 0 Å². The Labute approximate surface area is 159 Å². The zero-order valence-electron chi connectivity index (χ0n) is 15.6. The van der Waals surface area contributed by atoms with Crippen LogP contribution in [0.4, 0.5) is 0 Å². The van der Waals surface area contributed by atoms with Gasteiger partial charge in [-0.3, -0.25) is 4.79 Å². The van der Waals surface area contributed by atoms with Crippen molar-refractivity contribution in [3.05, 3.63) is 59.8 Å². The number of benzene rings is 1. The number of hydrogen-bond donors (Lipinski definition) is 0. The molecule has 0 N–H and O–H groups in total. The Hall–Kier alpha value is -2.89. The van der Waals surface area contributed by atoms with E-state index in [0.29, 0.717) is 18.3 Å². The number of esters is 1. The predicted molar refractivity (Wildman–Crippen MR) is 100 cm³/mol. The third kappa shape index (κ3) is 5.06. The largest absolute Gasteiger partial charge is 0.481 e. The van der Waals surface area contributed by atoms with Crippen molar-refractivity contribution in [2.45, 2.75) is 32.4 Å². The van der Waals surface area contributed by atoms with Crippen molar-refractivity contribution in [2.24, 2.45) is 5.92 Å². The van der Waals surface area contributed by atoms with E-state index < -0.39 is 5.97 Å². The van der Waals surface area contributed by atoms with Gasteiger partial charge in [0.05, 0.1) is 12.7 Å². The first-order valence-corrected chi connectivity index (χ1v) is 9.09. The van der Waals surface area contributed by atoms with Crippen LogP contribution in [-0.4, -0.2) is 41.5 Å². The molecule has 6 nitrogen and oxygen atoms in total. The number of aromatic nitrogens is 1. The first kappa shape index (κ1) is 18.9. The summed E-state index contributed by atoms with van der Waals surface area (Å²) in [5.74, 6) is 0.180. The molecule has 1 aliphatic rings. The summed E-state index contributed by atoms with van der Waals surface area (Å²) in [6, 6.07) is 13.1. The molecule has 142 valence electrons. The highest BCUT2D eigenvalue weighted by Crippen LogP contribution is 2.35. The molecule has 1 unspecified atom stereocenters. The summed E-state index contributed by atoms with van der Waals surface area (Å²) in [5, 5.41) is 0. The molecular formula is C21H24N2O4. The zero-order chi connectivity index (χ0) is 19.2. The number of rotatable bonds is 8. The van der Waals surface area contributed by atoms with E-state index in [0.717, 1.165) is 18.4 Å². The fraction of sp³-hybridized carbons (Fsp3) is 0.381. The van der Waals surface area contributed by atoms with Crippen LogP contribution >= 0.6 is 0 Å². The van der Waals surface area contributed by atoms with E-state index in [1.807, 2.05) is 35.2 Å². The van der Waals surface area contributed by atoms with Crippen molar-refractivity contribution in [3.8, 4) is 5.88 Å². The lowest BCUT2D eigenvalue weighted by Crippen LogP contribution is -2.41. The fourth-order valence-electron chi connectivity index (χ4n) is 2.99. The Bertz CT molecular complexity index is 773. The van der Waals surface area contributed by atoms with Crippen LogP contribution < -0.4 is 4.74 Å². The summed E-state index contributed by atoms with van der Waals surface area (Å²) in [6.07, 6.45) is 3.65.